The van der Waals surface area contributed by atoms with Crippen LogP contribution in [0, 0.1) is 0 Å². The lowest BCUT2D eigenvalue weighted by Crippen LogP contribution is -2.34. The highest BCUT2D eigenvalue weighted by atomic mass is 32.2. The molecule has 0 aromatic heterocycles. The summed E-state index contributed by atoms with van der Waals surface area (Å²) in [5.41, 5.74) is 1.45. The molecule has 3 aromatic carbocycles. The number of hydrogen-bond acceptors (Lipinski definition) is 5. The van der Waals surface area contributed by atoms with Crippen molar-refractivity contribution in [2.75, 3.05) is 16.6 Å². The molecule has 3 rings (SSSR count). The highest BCUT2D eigenvalue weighted by Gasteiger charge is 2.14. The number of sulfonamides is 1. The maximum Gasteiger partial charge on any atom is 0.261 e. The predicted octanol–water partition coefficient (Wildman–Crippen LogP) is 4.01. The molecule has 0 aliphatic carbocycles. The first kappa shape index (κ1) is 22.3. The average Bonchev–Trinajstić information content (AvgIpc) is 2.76. The second-order valence-electron chi connectivity index (χ2n) is 6.36. The van der Waals surface area contributed by atoms with E-state index in [1.165, 1.54) is 12.1 Å². The van der Waals surface area contributed by atoms with E-state index in [1.54, 1.807) is 60.7 Å². The van der Waals surface area contributed by atoms with Crippen LogP contribution < -0.4 is 20.1 Å². The van der Waals surface area contributed by atoms with Crippen LogP contribution in [-0.2, 0) is 10.0 Å². The normalized spacial score (nSPS) is 10.7. The van der Waals surface area contributed by atoms with Gasteiger partial charge in [0.25, 0.3) is 15.9 Å². The van der Waals surface area contributed by atoms with Gasteiger partial charge in [-0.05, 0) is 79.8 Å². The number of ether oxygens (including phenoxy) is 1. The van der Waals surface area contributed by atoms with Gasteiger partial charge in [-0.1, -0.05) is 18.2 Å². The molecule has 0 atom stereocenters. The number of anilines is 2. The molecule has 1 amide bonds. The average molecular weight is 456 g/mol. The standard InChI is InChI=1S/C22H21N3O4S2/c1-2-29-19-12-8-18(9-13-19)25-31(27,28)20-14-10-17(11-15-20)23-22(30)24-21(26)16-6-4-3-5-7-16/h3-15,25H,2H2,1H3,(H2,23,24,26,30). The third kappa shape index (κ3) is 6.27. The minimum Gasteiger partial charge on any atom is -0.494 e. The lowest BCUT2D eigenvalue weighted by Gasteiger charge is -2.12. The van der Waals surface area contributed by atoms with Crippen LogP contribution in [0.5, 0.6) is 5.75 Å². The molecule has 0 bridgehead atoms. The molecule has 0 radical (unpaired) electrons. The summed E-state index contributed by atoms with van der Waals surface area (Å²) in [5.74, 6) is 0.327. The molecule has 0 heterocycles. The Bertz CT molecular complexity index is 1150. The summed E-state index contributed by atoms with van der Waals surface area (Å²) >= 11 is 5.15. The first-order valence-electron chi connectivity index (χ1n) is 9.40. The number of benzene rings is 3. The molecular weight excluding hydrogens is 434 g/mol. The smallest absolute Gasteiger partial charge is 0.261 e. The Labute approximate surface area is 186 Å². The zero-order chi connectivity index (χ0) is 22.3. The van der Waals surface area contributed by atoms with Crippen LogP contribution >= 0.6 is 12.2 Å². The van der Waals surface area contributed by atoms with Gasteiger partial charge in [-0.25, -0.2) is 8.42 Å². The quantitative estimate of drug-likeness (QED) is 0.466. The summed E-state index contributed by atoms with van der Waals surface area (Å²) in [7, 11) is -3.76. The lowest BCUT2D eigenvalue weighted by atomic mass is 10.2. The van der Waals surface area contributed by atoms with Crippen molar-refractivity contribution in [3.8, 4) is 5.75 Å². The molecule has 3 N–H and O–H groups in total. The molecule has 7 nitrogen and oxygen atoms in total. The maximum atomic E-state index is 12.6. The number of hydrogen-bond donors (Lipinski definition) is 3. The molecule has 0 saturated carbocycles. The Balaban J connectivity index is 1.60. The summed E-state index contributed by atoms with van der Waals surface area (Å²) in [5, 5.41) is 5.54. The molecule has 0 unspecified atom stereocenters. The fourth-order valence-corrected chi connectivity index (χ4v) is 3.91. The fourth-order valence-electron chi connectivity index (χ4n) is 2.64. The van der Waals surface area contributed by atoms with Gasteiger partial charge in [0, 0.05) is 16.9 Å². The van der Waals surface area contributed by atoms with Crippen molar-refractivity contribution in [3.63, 3.8) is 0 Å². The van der Waals surface area contributed by atoms with Gasteiger partial charge in [-0.15, -0.1) is 0 Å². The second kappa shape index (κ2) is 10.1. The van der Waals surface area contributed by atoms with Crippen molar-refractivity contribution >= 4 is 44.6 Å². The van der Waals surface area contributed by atoms with Crippen LogP contribution in [-0.4, -0.2) is 26.0 Å². The van der Waals surface area contributed by atoms with Gasteiger partial charge in [0.1, 0.15) is 5.75 Å². The van der Waals surface area contributed by atoms with Gasteiger partial charge in [-0.3, -0.25) is 14.8 Å². The van der Waals surface area contributed by atoms with E-state index in [9.17, 15) is 13.2 Å². The zero-order valence-electron chi connectivity index (χ0n) is 16.7. The Kier molecular flexibility index (Phi) is 7.22. The Hall–Kier alpha value is -3.43. The monoisotopic (exact) mass is 455 g/mol. The van der Waals surface area contributed by atoms with E-state index in [-0.39, 0.29) is 15.9 Å². The largest absolute Gasteiger partial charge is 0.494 e. The van der Waals surface area contributed by atoms with E-state index in [1.807, 2.05) is 13.0 Å². The van der Waals surface area contributed by atoms with Gasteiger partial charge in [0.05, 0.1) is 11.5 Å². The van der Waals surface area contributed by atoms with Gasteiger partial charge in [0.2, 0.25) is 0 Å². The summed E-state index contributed by atoms with van der Waals surface area (Å²) in [4.78, 5) is 12.2. The van der Waals surface area contributed by atoms with Crippen LogP contribution in [0.15, 0.2) is 83.8 Å². The Morgan fingerprint density at radius 2 is 1.52 bits per heavy atom. The number of nitrogens with one attached hydrogen (secondary N) is 3. The van der Waals surface area contributed by atoms with E-state index < -0.39 is 10.0 Å². The summed E-state index contributed by atoms with van der Waals surface area (Å²) in [6, 6.07) is 21.3. The highest BCUT2D eigenvalue weighted by Crippen LogP contribution is 2.20. The molecule has 0 aliphatic heterocycles. The van der Waals surface area contributed by atoms with Crippen molar-refractivity contribution in [1.82, 2.24) is 5.32 Å². The maximum absolute atomic E-state index is 12.6. The molecule has 160 valence electrons. The third-order valence-electron chi connectivity index (χ3n) is 4.10. The van der Waals surface area contributed by atoms with E-state index in [0.717, 1.165) is 0 Å². The van der Waals surface area contributed by atoms with Crippen molar-refractivity contribution in [1.29, 1.82) is 0 Å². The first-order chi connectivity index (χ1) is 14.9. The van der Waals surface area contributed by atoms with Gasteiger partial charge >= 0.3 is 0 Å². The van der Waals surface area contributed by atoms with E-state index in [0.29, 0.717) is 29.3 Å². The van der Waals surface area contributed by atoms with E-state index in [4.69, 9.17) is 17.0 Å². The lowest BCUT2D eigenvalue weighted by molar-refractivity contribution is 0.0977. The number of thiocarbonyl (C=S) groups is 1. The predicted molar refractivity (Wildman–Crippen MR) is 125 cm³/mol. The molecule has 0 aliphatic rings. The van der Waals surface area contributed by atoms with Crippen LogP contribution in [0.4, 0.5) is 11.4 Å². The molecule has 3 aromatic rings. The molecule has 0 fully saturated rings. The molecule has 0 saturated heterocycles. The van der Waals surface area contributed by atoms with Crippen molar-refractivity contribution in [3.05, 3.63) is 84.4 Å². The summed E-state index contributed by atoms with van der Waals surface area (Å²) in [6.45, 7) is 2.41. The number of amides is 1. The molecule has 9 heteroatoms. The number of carbonyl (C=O) groups is 1. The fraction of sp³-hybridized carbons (Fsp3) is 0.0909. The van der Waals surface area contributed by atoms with Crippen LogP contribution in [0.25, 0.3) is 0 Å². The van der Waals surface area contributed by atoms with Gasteiger partial charge in [0.15, 0.2) is 5.11 Å². The van der Waals surface area contributed by atoms with Crippen LogP contribution in [0.1, 0.15) is 17.3 Å². The summed E-state index contributed by atoms with van der Waals surface area (Å²) < 4.78 is 33.1. The second-order valence-corrected chi connectivity index (χ2v) is 8.45. The van der Waals surface area contributed by atoms with Crippen molar-refractivity contribution < 1.29 is 17.9 Å². The SMILES string of the molecule is CCOc1ccc(NS(=O)(=O)c2ccc(NC(=S)NC(=O)c3ccccc3)cc2)cc1. The van der Waals surface area contributed by atoms with Crippen molar-refractivity contribution in [2.24, 2.45) is 0 Å². The van der Waals surface area contributed by atoms with Crippen molar-refractivity contribution in [2.45, 2.75) is 11.8 Å². The Morgan fingerprint density at radius 1 is 0.903 bits per heavy atom. The number of rotatable bonds is 7. The van der Waals surface area contributed by atoms with Gasteiger partial charge in [-0.2, -0.15) is 0 Å². The minimum absolute atomic E-state index is 0.0891. The van der Waals surface area contributed by atoms with E-state index in [2.05, 4.69) is 15.4 Å². The molecule has 31 heavy (non-hydrogen) atoms. The minimum atomic E-state index is -3.76. The molecular formula is C22H21N3O4S2. The Morgan fingerprint density at radius 3 is 2.13 bits per heavy atom. The van der Waals surface area contributed by atoms with Gasteiger partial charge < -0.3 is 10.1 Å². The number of carbonyl (C=O) groups excluding carboxylic acids is 1. The molecule has 0 spiro atoms. The highest BCUT2D eigenvalue weighted by molar-refractivity contribution is 7.92. The zero-order valence-corrected chi connectivity index (χ0v) is 18.3. The summed E-state index contributed by atoms with van der Waals surface area (Å²) in [6.07, 6.45) is 0. The van der Waals surface area contributed by atoms with Crippen LogP contribution in [0.3, 0.4) is 0 Å². The van der Waals surface area contributed by atoms with E-state index >= 15 is 0 Å². The topological polar surface area (TPSA) is 96.5 Å². The first-order valence-corrected chi connectivity index (χ1v) is 11.3. The van der Waals surface area contributed by atoms with Crippen LogP contribution in [0.2, 0.25) is 0 Å². The third-order valence-corrected chi connectivity index (χ3v) is 5.70.